The Kier molecular flexibility index (Phi) is 3.71. The van der Waals surface area contributed by atoms with Crippen LogP contribution >= 0.6 is 0 Å². The predicted molar refractivity (Wildman–Crippen MR) is 55.5 cm³/mol. The Morgan fingerprint density at radius 1 is 1.60 bits per heavy atom. The first-order valence-electron chi connectivity index (χ1n) is 5.24. The van der Waals surface area contributed by atoms with Gasteiger partial charge in [0.1, 0.15) is 5.82 Å². The van der Waals surface area contributed by atoms with Crippen molar-refractivity contribution in [1.82, 2.24) is 15.3 Å². The number of ether oxygens (including phenoxy) is 2. The Hall–Kier alpha value is -0.910. The summed E-state index contributed by atoms with van der Waals surface area (Å²) in [4.78, 5) is 7.78. The molecule has 2 heterocycles. The second kappa shape index (κ2) is 5.25. The highest BCUT2D eigenvalue weighted by Crippen LogP contribution is 2.13. The van der Waals surface area contributed by atoms with E-state index in [0.717, 1.165) is 49.9 Å². The molecule has 2 N–H and O–H groups in total. The Morgan fingerprint density at radius 2 is 2.53 bits per heavy atom. The van der Waals surface area contributed by atoms with Gasteiger partial charge < -0.3 is 19.8 Å². The van der Waals surface area contributed by atoms with E-state index < -0.39 is 0 Å². The lowest BCUT2D eigenvalue weighted by Crippen LogP contribution is -2.19. The highest BCUT2D eigenvalue weighted by atomic mass is 16.5. The SMILES string of the molecule is COCCNCc1nc2c([nH]1)COCC2. The summed E-state index contributed by atoms with van der Waals surface area (Å²) < 4.78 is 10.3. The van der Waals surface area contributed by atoms with Gasteiger partial charge in [0.2, 0.25) is 0 Å². The molecule has 5 heteroatoms. The molecule has 0 saturated heterocycles. The normalized spacial score (nSPS) is 15.3. The Balaban J connectivity index is 1.84. The van der Waals surface area contributed by atoms with E-state index in [1.165, 1.54) is 0 Å². The summed E-state index contributed by atoms with van der Waals surface area (Å²) in [5.41, 5.74) is 2.29. The average Bonchev–Trinajstić information content (AvgIpc) is 2.67. The molecule has 5 nitrogen and oxygen atoms in total. The van der Waals surface area contributed by atoms with Gasteiger partial charge in [-0.1, -0.05) is 0 Å². The molecular weight excluding hydrogens is 194 g/mol. The number of hydrogen-bond acceptors (Lipinski definition) is 4. The van der Waals surface area contributed by atoms with E-state index >= 15 is 0 Å². The summed E-state index contributed by atoms with van der Waals surface area (Å²) >= 11 is 0. The molecule has 1 aromatic heterocycles. The van der Waals surface area contributed by atoms with Crippen molar-refractivity contribution in [3.63, 3.8) is 0 Å². The van der Waals surface area contributed by atoms with Crippen LogP contribution in [0, 0.1) is 0 Å². The van der Waals surface area contributed by atoms with Gasteiger partial charge in [-0.2, -0.15) is 0 Å². The van der Waals surface area contributed by atoms with Gasteiger partial charge in [-0.25, -0.2) is 4.98 Å². The summed E-state index contributed by atoms with van der Waals surface area (Å²) in [7, 11) is 1.70. The molecule has 2 rings (SSSR count). The fourth-order valence-electron chi connectivity index (χ4n) is 1.64. The number of methoxy groups -OCH3 is 1. The van der Waals surface area contributed by atoms with Crippen LogP contribution in [-0.2, 0) is 29.0 Å². The summed E-state index contributed by atoms with van der Waals surface area (Å²) in [6.07, 6.45) is 0.921. The van der Waals surface area contributed by atoms with Crippen molar-refractivity contribution in [1.29, 1.82) is 0 Å². The van der Waals surface area contributed by atoms with Crippen LogP contribution in [0.3, 0.4) is 0 Å². The van der Waals surface area contributed by atoms with Crippen LogP contribution in [0.5, 0.6) is 0 Å². The van der Waals surface area contributed by atoms with Crippen molar-refractivity contribution in [2.75, 3.05) is 26.9 Å². The van der Waals surface area contributed by atoms with Crippen molar-refractivity contribution in [2.45, 2.75) is 19.6 Å². The van der Waals surface area contributed by atoms with Gasteiger partial charge in [-0.05, 0) is 0 Å². The first kappa shape index (κ1) is 10.6. The van der Waals surface area contributed by atoms with E-state index in [4.69, 9.17) is 9.47 Å². The number of fused-ring (bicyclic) bond motifs is 1. The zero-order valence-electron chi connectivity index (χ0n) is 9.01. The number of nitrogens with one attached hydrogen (secondary N) is 2. The van der Waals surface area contributed by atoms with Crippen LogP contribution in [0.1, 0.15) is 17.2 Å². The number of rotatable bonds is 5. The van der Waals surface area contributed by atoms with Crippen LogP contribution in [0.15, 0.2) is 0 Å². The molecule has 0 saturated carbocycles. The smallest absolute Gasteiger partial charge is 0.120 e. The molecule has 0 atom stereocenters. The summed E-state index contributed by atoms with van der Waals surface area (Å²) in [5.74, 6) is 0.988. The zero-order chi connectivity index (χ0) is 10.5. The van der Waals surface area contributed by atoms with Crippen molar-refractivity contribution in [3.05, 3.63) is 17.2 Å². The highest BCUT2D eigenvalue weighted by molar-refractivity contribution is 5.15. The molecule has 15 heavy (non-hydrogen) atoms. The van der Waals surface area contributed by atoms with Crippen molar-refractivity contribution < 1.29 is 9.47 Å². The number of hydrogen-bond donors (Lipinski definition) is 2. The van der Waals surface area contributed by atoms with Gasteiger partial charge in [0.05, 0.1) is 37.8 Å². The molecule has 0 spiro atoms. The van der Waals surface area contributed by atoms with E-state index in [9.17, 15) is 0 Å². The maximum atomic E-state index is 5.34. The lowest BCUT2D eigenvalue weighted by Gasteiger charge is -2.09. The van der Waals surface area contributed by atoms with Crippen LogP contribution in [-0.4, -0.2) is 36.8 Å². The highest BCUT2D eigenvalue weighted by Gasteiger charge is 2.13. The fourth-order valence-corrected chi connectivity index (χ4v) is 1.64. The standard InChI is InChI=1S/C10H17N3O2/c1-14-5-3-11-6-10-12-8-2-4-15-7-9(8)13-10/h11H,2-7H2,1H3,(H,12,13). The van der Waals surface area contributed by atoms with Crippen LogP contribution < -0.4 is 5.32 Å². The third-order valence-electron chi connectivity index (χ3n) is 2.42. The monoisotopic (exact) mass is 211 g/mol. The molecule has 0 bridgehead atoms. The maximum Gasteiger partial charge on any atom is 0.120 e. The third-order valence-corrected chi connectivity index (χ3v) is 2.42. The first-order chi connectivity index (χ1) is 7.40. The molecule has 0 amide bonds. The number of H-pyrrole nitrogens is 1. The lowest BCUT2D eigenvalue weighted by molar-refractivity contribution is 0.107. The molecular formula is C10H17N3O2. The molecule has 1 aliphatic heterocycles. The zero-order valence-corrected chi connectivity index (χ0v) is 9.01. The fraction of sp³-hybridized carbons (Fsp3) is 0.700. The number of imidazole rings is 1. The van der Waals surface area contributed by atoms with Crippen molar-refractivity contribution in [2.24, 2.45) is 0 Å². The van der Waals surface area contributed by atoms with E-state index in [-0.39, 0.29) is 0 Å². The van der Waals surface area contributed by atoms with Gasteiger partial charge in [0.15, 0.2) is 0 Å². The molecule has 0 aliphatic carbocycles. The average molecular weight is 211 g/mol. The van der Waals surface area contributed by atoms with Gasteiger partial charge in [0, 0.05) is 20.1 Å². The molecule has 0 aromatic carbocycles. The van der Waals surface area contributed by atoms with Crippen molar-refractivity contribution >= 4 is 0 Å². The van der Waals surface area contributed by atoms with E-state index in [1.54, 1.807) is 7.11 Å². The second-order valence-electron chi connectivity index (χ2n) is 3.58. The molecule has 0 unspecified atom stereocenters. The van der Waals surface area contributed by atoms with Crippen LogP contribution in [0.2, 0.25) is 0 Å². The van der Waals surface area contributed by atoms with Crippen molar-refractivity contribution in [3.8, 4) is 0 Å². The van der Waals surface area contributed by atoms with Crippen LogP contribution in [0.4, 0.5) is 0 Å². The predicted octanol–water partition coefficient (Wildman–Crippen LogP) is 0.218. The van der Waals surface area contributed by atoms with Gasteiger partial charge in [-0.3, -0.25) is 0 Å². The largest absolute Gasteiger partial charge is 0.383 e. The van der Waals surface area contributed by atoms with E-state index in [2.05, 4.69) is 15.3 Å². The topological polar surface area (TPSA) is 59.2 Å². The molecule has 0 fully saturated rings. The number of nitrogens with zero attached hydrogens (tertiary/aromatic N) is 1. The summed E-state index contributed by atoms with van der Waals surface area (Å²) in [5, 5.41) is 3.25. The first-order valence-corrected chi connectivity index (χ1v) is 5.24. The number of aromatic nitrogens is 2. The third kappa shape index (κ3) is 2.77. The quantitative estimate of drug-likeness (QED) is 0.684. The summed E-state index contributed by atoms with van der Waals surface area (Å²) in [6, 6.07) is 0. The molecule has 0 radical (unpaired) electrons. The van der Waals surface area contributed by atoms with Crippen LogP contribution in [0.25, 0.3) is 0 Å². The lowest BCUT2D eigenvalue weighted by atomic mass is 10.2. The maximum absolute atomic E-state index is 5.34. The van der Waals surface area contributed by atoms with Gasteiger partial charge >= 0.3 is 0 Å². The minimum Gasteiger partial charge on any atom is -0.383 e. The van der Waals surface area contributed by atoms with Gasteiger partial charge in [-0.15, -0.1) is 0 Å². The molecule has 84 valence electrons. The van der Waals surface area contributed by atoms with E-state index in [1.807, 2.05) is 0 Å². The Morgan fingerprint density at radius 3 is 3.33 bits per heavy atom. The molecule has 1 aliphatic rings. The number of aromatic amines is 1. The Labute approximate surface area is 89.2 Å². The summed E-state index contributed by atoms with van der Waals surface area (Å²) in [6.45, 7) is 3.78. The Bertz CT molecular complexity index is 288. The van der Waals surface area contributed by atoms with E-state index in [0.29, 0.717) is 6.61 Å². The second-order valence-corrected chi connectivity index (χ2v) is 3.58. The van der Waals surface area contributed by atoms with Gasteiger partial charge in [0.25, 0.3) is 0 Å². The minimum absolute atomic E-state index is 0.667. The molecule has 1 aromatic rings. The minimum atomic E-state index is 0.667.